The predicted octanol–water partition coefficient (Wildman–Crippen LogP) is 0.131. The zero-order valence-corrected chi connectivity index (χ0v) is 9.12. The molecule has 0 aromatic carbocycles. The van der Waals surface area contributed by atoms with Gasteiger partial charge in [0.05, 0.1) is 6.26 Å². The van der Waals surface area contributed by atoms with Crippen LogP contribution < -0.4 is 0 Å². The topological polar surface area (TPSA) is 74.7 Å². The maximum Gasteiger partial charge on any atom is 0.322 e. The second-order valence-electron chi connectivity index (χ2n) is 3.87. The minimum Gasteiger partial charge on any atom is -0.480 e. The summed E-state index contributed by atoms with van der Waals surface area (Å²) in [4.78, 5) is 10.8. The van der Waals surface area contributed by atoms with E-state index in [1.807, 2.05) is 6.92 Å². The first-order chi connectivity index (χ1) is 6.32. The second kappa shape index (κ2) is 3.86. The Bertz CT molecular complexity index is 324. The van der Waals surface area contributed by atoms with E-state index < -0.39 is 22.0 Å². The van der Waals surface area contributed by atoms with E-state index in [-0.39, 0.29) is 5.92 Å². The summed E-state index contributed by atoms with van der Waals surface area (Å²) < 4.78 is 23.7. The van der Waals surface area contributed by atoms with E-state index in [0.29, 0.717) is 13.0 Å². The minimum atomic E-state index is -3.40. The van der Waals surface area contributed by atoms with Crippen molar-refractivity contribution in [3.63, 3.8) is 0 Å². The molecule has 0 bridgehead atoms. The van der Waals surface area contributed by atoms with Crippen molar-refractivity contribution in [2.24, 2.45) is 5.92 Å². The molecule has 6 heteroatoms. The van der Waals surface area contributed by atoms with Crippen LogP contribution in [0.15, 0.2) is 0 Å². The summed E-state index contributed by atoms with van der Waals surface area (Å²) in [6.07, 6.45) is 2.23. The van der Waals surface area contributed by atoms with Crippen molar-refractivity contribution in [3.05, 3.63) is 0 Å². The van der Waals surface area contributed by atoms with Crippen LogP contribution in [0.3, 0.4) is 0 Å². The lowest BCUT2D eigenvalue weighted by Crippen LogP contribution is -2.49. The summed E-state index contributed by atoms with van der Waals surface area (Å²) in [5.41, 5.74) is 0. The number of hydrogen-bond donors (Lipinski definition) is 1. The minimum absolute atomic E-state index is 0.236. The summed E-state index contributed by atoms with van der Waals surface area (Å²) in [5, 5.41) is 8.85. The Hall–Kier alpha value is -0.620. The molecule has 0 radical (unpaired) electrons. The van der Waals surface area contributed by atoms with Gasteiger partial charge in [-0.25, -0.2) is 8.42 Å². The number of carboxylic acid groups (broad SMARTS) is 1. The van der Waals surface area contributed by atoms with Crippen LogP contribution in [0.1, 0.15) is 19.8 Å². The molecule has 1 rings (SSSR count). The van der Waals surface area contributed by atoms with Gasteiger partial charge < -0.3 is 5.11 Å². The Morgan fingerprint density at radius 3 is 2.43 bits per heavy atom. The quantitative estimate of drug-likeness (QED) is 0.719. The lowest BCUT2D eigenvalue weighted by molar-refractivity contribution is -0.142. The fraction of sp³-hybridized carbons (Fsp3) is 0.875. The Labute approximate surface area is 83.8 Å². The lowest BCUT2D eigenvalue weighted by Gasteiger charge is -2.34. The van der Waals surface area contributed by atoms with Crippen LogP contribution in [0.4, 0.5) is 0 Å². The van der Waals surface area contributed by atoms with Crippen molar-refractivity contribution in [3.8, 4) is 0 Å². The van der Waals surface area contributed by atoms with Crippen molar-refractivity contribution in [1.29, 1.82) is 0 Å². The maximum atomic E-state index is 11.3. The summed E-state index contributed by atoms with van der Waals surface area (Å²) in [6, 6.07) is -0.874. The van der Waals surface area contributed by atoms with E-state index in [1.54, 1.807) is 0 Å². The van der Waals surface area contributed by atoms with Gasteiger partial charge in [0.2, 0.25) is 10.0 Å². The van der Waals surface area contributed by atoms with Gasteiger partial charge in [-0.3, -0.25) is 4.79 Å². The molecule has 82 valence electrons. The van der Waals surface area contributed by atoms with Gasteiger partial charge in [-0.15, -0.1) is 0 Å². The molecule has 0 aliphatic carbocycles. The van der Waals surface area contributed by atoms with E-state index >= 15 is 0 Å². The van der Waals surface area contributed by atoms with Gasteiger partial charge in [0, 0.05) is 6.54 Å². The highest BCUT2D eigenvalue weighted by Crippen LogP contribution is 2.23. The predicted molar refractivity (Wildman–Crippen MR) is 51.4 cm³/mol. The Kier molecular flexibility index (Phi) is 3.16. The van der Waals surface area contributed by atoms with E-state index in [2.05, 4.69) is 0 Å². The van der Waals surface area contributed by atoms with Gasteiger partial charge >= 0.3 is 5.97 Å². The fourth-order valence-corrected chi connectivity index (χ4v) is 2.91. The van der Waals surface area contributed by atoms with Crippen LogP contribution in [0.2, 0.25) is 0 Å². The Morgan fingerprint density at radius 1 is 1.43 bits per heavy atom. The van der Waals surface area contributed by atoms with E-state index in [9.17, 15) is 13.2 Å². The van der Waals surface area contributed by atoms with Gasteiger partial charge in [0.25, 0.3) is 0 Å². The molecule has 14 heavy (non-hydrogen) atoms. The summed E-state index contributed by atoms with van der Waals surface area (Å²) in [7, 11) is -3.40. The van der Waals surface area contributed by atoms with Gasteiger partial charge in [-0.05, 0) is 18.8 Å². The standard InChI is InChI=1S/C8H15NO4S/c1-6-3-4-7(8(10)11)9(5-6)14(2,12)13/h6-7H,3-5H2,1-2H3,(H,10,11). The van der Waals surface area contributed by atoms with Gasteiger partial charge in [0.1, 0.15) is 6.04 Å². The first-order valence-corrected chi connectivity index (χ1v) is 6.37. The normalized spacial score (nSPS) is 30.1. The summed E-state index contributed by atoms with van der Waals surface area (Å²) in [6.45, 7) is 2.24. The lowest BCUT2D eigenvalue weighted by atomic mass is 9.96. The molecule has 1 saturated heterocycles. The smallest absolute Gasteiger partial charge is 0.322 e. The largest absolute Gasteiger partial charge is 0.480 e. The highest BCUT2D eigenvalue weighted by Gasteiger charge is 2.36. The molecule has 1 heterocycles. The molecule has 2 unspecified atom stereocenters. The molecule has 1 N–H and O–H groups in total. The molecule has 0 saturated carbocycles. The zero-order valence-electron chi connectivity index (χ0n) is 8.30. The first-order valence-electron chi connectivity index (χ1n) is 4.52. The first kappa shape index (κ1) is 11.5. The molecule has 5 nitrogen and oxygen atoms in total. The van der Waals surface area contributed by atoms with Crippen molar-refractivity contribution in [2.75, 3.05) is 12.8 Å². The average Bonchev–Trinajstić information content (AvgIpc) is 2.01. The van der Waals surface area contributed by atoms with Crippen molar-refractivity contribution in [1.82, 2.24) is 4.31 Å². The molecule has 1 aliphatic heterocycles. The number of nitrogens with zero attached hydrogens (tertiary/aromatic N) is 1. The second-order valence-corrected chi connectivity index (χ2v) is 5.80. The van der Waals surface area contributed by atoms with E-state index in [4.69, 9.17) is 5.11 Å². The highest BCUT2D eigenvalue weighted by atomic mass is 32.2. The highest BCUT2D eigenvalue weighted by molar-refractivity contribution is 7.88. The molecule has 1 fully saturated rings. The monoisotopic (exact) mass is 221 g/mol. The number of piperidine rings is 1. The van der Waals surface area contributed by atoms with Gasteiger partial charge in [0.15, 0.2) is 0 Å². The average molecular weight is 221 g/mol. The summed E-state index contributed by atoms with van der Waals surface area (Å²) in [5.74, 6) is -0.817. The molecular formula is C8H15NO4S. The molecular weight excluding hydrogens is 206 g/mol. The van der Waals surface area contributed by atoms with Gasteiger partial charge in [-0.2, -0.15) is 4.31 Å². The molecule has 0 aromatic rings. The fourth-order valence-electron chi connectivity index (χ4n) is 1.73. The number of carbonyl (C=O) groups is 1. The third-order valence-corrected chi connectivity index (χ3v) is 3.74. The van der Waals surface area contributed by atoms with Crippen LogP contribution >= 0.6 is 0 Å². The third kappa shape index (κ3) is 2.45. The van der Waals surface area contributed by atoms with Crippen LogP contribution in [0, 0.1) is 5.92 Å². The van der Waals surface area contributed by atoms with Crippen LogP contribution in [-0.4, -0.2) is 42.6 Å². The number of carboxylic acids is 1. The number of aliphatic carboxylic acids is 1. The molecule has 0 spiro atoms. The molecule has 2 atom stereocenters. The number of rotatable bonds is 2. The number of sulfonamides is 1. The summed E-state index contributed by atoms with van der Waals surface area (Å²) >= 11 is 0. The molecule has 0 aromatic heterocycles. The molecule has 0 amide bonds. The zero-order chi connectivity index (χ0) is 10.9. The third-order valence-electron chi connectivity index (χ3n) is 2.48. The van der Waals surface area contributed by atoms with Crippen LogP contribution in [-0.2, 0) is 14.8 Å². The Balaban J connectivity index is 2.90. The van der Waals surface area contributed by atoms with Crippen LogP contribution in [0.25, 0.3) is 0 Å². The van der Waals surface area contributed by atoms with Crippen molar-refractivity contribution in [2.45, 2.75) is 25.8 Å². The van der Waals surface area contributed by atoms with Gasteiger partial charge in [-0.1, -0.05) is 6.92 Å². The van der Waals surface area contributed by atoms with Crippen molar-refractivity contribution < 1.29 is 18.3 Å². The van der Waals surface area contributed by atoms with Crippen molar-refractivity contribution >= 4 is 16.0 Å². The Morgan fingerprint density at radius 2 is 2.00 bits per heavy atom. The maximum absolute atomic E-state index is 11.3. The van der Waals surface area contributed by atoms with Crippen LogP contribution in [0.5, 0.6) is 0 Å². The SMILES string of the molecule is CC1CCC(C(=O)O)N(S(C)(=O)=O)C1. The molecule has 1 aliphatic rings. The van der Waals surface area contributed by atoms with E-state index in [1.165, 1.54) is 0 Å². The van der Waals surface area contributed by atoms with E-state index in [0.717, 1.165) is 17.0 Å². The number of hydrogen-bond acceptors (Lipinski definition) is 3.